The van der Waals surface area contributed by atoms with Gasteiger partial charge in [-0.25, -0.2) is 4.79 Å². The van der Waals surface area contributed by atoms with E-state index in [1.165, 1.54) is 0 Å². The Morgan fingerprint density at radius 3 is 2.67 bits per heavy atom. The minimum Gasteiger partial charge on any atom is -0.491 e. The van der Waals surface area contributed by atoms with Crippen LogP contribution in [0.3, 0.4) is 0 Å². The largest absolute Gasteiger partial charge is 0.491 e. The smallest absolute Gasteiger partial charge is 0.410 e. The summed E-state index contributed by atoms with van der Waals surface area (Å²) in [7, 11) is 1.72. The molecule has 4 nitrogen and oxygen atoms in total. The Kier molecular flexibility index (Phi) is 3.55. The van der Waals surface area contributed by atoms with E-state index < -0.39 is 0 Å². The highest BCUT2D eigenvalue weighted by atomic mass is 16.6. The van der Waals surface area contributed by atoms with Gasteiger partial charge in [0.25, 0.3) is 0 Å². The van der Waals surface area contributed by atoms with Crippen molar-refractivity contribution in [2.24, 2.45) is 0 Å². The van der Waals surface area contributed by atoms with Crippen LogP contribution in [-0.2, 0) is 4.74 Å². The molecule has 1 aliphatic rings. The summed E-state index contributed by atoms with van der Waals surface area (Å²) in [4.78, 5) is 12.7. The first-order valence-corrected chi connectivity index (χ1v) is 5.86. The second kappa shape index (κ2) is 5.12. The van der Waals surface area contributed by atoms with Crippen LogP contribution in [0, 0.1) is 0 Å². The summed E-state index contributed by atoms with van der Waals surface area (Å²) < 4.78 is 10.6. The van der Waals surface area contributed by atoms with Gasteiger partial charge in [0.1, 0.15) is 25.0 Å². The van der Waals surface area contributed by atoms with Crippen molar-refractivity contribution < 1.29 is 14.3 Å². The molecular formula is C14H17NO3. The van der Waals surface area contributed by atoms with Gasteiger partial charge in [-0.3, -0.25) is 0 Å². The standard InChI is InChI=1S/C14H17NO3/c1-10(2)11-4-6-13(7-5-11)17-8-12-9-18-14(16)15(12)3/h4-7,12H,1,8-9H2,2-3H3. The van der Waals surface area contributed by atoms with E-state index in [0.717, 1.165) is 16.9 Å². The Morgan fingerprint density at radius 1 is 1.50 bits per heavy atom. The molecule has 0 spiro atoms. The highest BCUT2D eigenvalue weighted by Gasteiger charge is 2.29. The predicted molar refractivity (Wildman–Crippen MR) is 69.5 cm³/mol. The molecule has 0 radical (unpaired) electrons. The molecule has 96 valence electrons. The number of rotatable bonds is 4. The molecule has 1 saturated heterocycles. The topological polar surface area (TPSA) is 38.8 Å². The molecule has 1 atom stereocenters. The van der Waals surface area contributed by atoms with Crippen molar-refractivity contribution in [3.8, 4) is 5.75 Å². The number of hydrogen-bond acceptors (Lipinski definition) is 3. The molecule has 1 fully saturated rings. The maximum Gasteiger partial charge on any atom is 0.410 e. The molecule has 1 aliphatic heterocycles. The van der Waals surface area contributed by atoms with E-state index in [0.29, 0.717) is 13.2 Å². The third-order valence-corrected chi connectivity index (χ3v) is 3.02. The highest BCUT2D eigenvalue weighted by Crippen LogP contribution is 2.18. The Hall–Kier alpha value is -1.97. The summed E-state index contributed by atoms with van der Waals surface area (Å²) in [5, 5.41) is 0. The fourth-order valence-corrected chi connectivity index (χ4v) is 1.72. The van der Waals surface area contributed by atoms with E-state index in [1.54, 1.807) is 11.9 Å². The van der Waals surface area contributed by atoms with Crippen molar-refractivity contribution in [1.29, 1.82) is 0 Å². The monoisotopic (exact) mass is 247 g/mol. The lowest BCUT2D eigenvalue weighted by Gasteiger charge is -2.16. The van der Waals surface area contributed by atoms with E-state index in [2.05, 4.69) is 6.58 Å². The van der Waals surface area contributed by atoms with Gasteiger partial charge >= 0.3 is 6.09 Å². The molecule has 1 amide bonds. The molecule has 1 heterocycles. The van der Waals surface area contributed by atoms with Crippen molar-refractivity contribution >= 4 is 11.7 Å². The van der Waals surface area contributed by atoms with Gasteiger partial charge in [0, 0.05) is 7.05 Å². The lowest BCUT2D eigenvalue weighted by atomic mass is 10.1. The number of carbonyl (C=O) groups is 1. The molecule has 1 aromatic rings. The van der Waals surface area contributed by atoms with Gasteiger partial charge < -0.3 is 14.4 Å². The summed E-state index contributed by atoms with van der Waals surface area (Å²) in [6.45, 7) is 6.67. The van der Waals surface area contributed by atoms with Gasteiger partial charge in [0.05, 0.1) is 0 Å². The van der Waals surface area contributed by atoms with Crippen molar-refractivity contribution in [1.82, 2.24) is 4.90 Å². The number of hydrogen-bond donors (Lipinski definition) is 0. The van der Waals surface area contributed by atoms with Gasteiger partial charge in [0.2, 0.25) is 0 Å². The molecule has 0 bridgehead atoms. The van der Waals surface area contributed by atoms with Crippen LogP contribution in [-0.4, -0.2) is 37.3 Å². The van der Waals surface area contributed by atoms with Crippen LogP contribution in [0.4, 0.5) is 4.79 Å². The van der Waals surface area contributed by atoms with E-state index in [1.807, 2.05) is 31.2 Å². The summed E-state index contributed by atoms with van der Waals surface area (Å²) in [6.07, 6.45) is -0.291. The minimum atomic E-state index is -0.291. The second-order valence-corrected chi connectivity index (χ2v) is 4.46. The molecule has 18 heavy (non-hydrogen) atoms. The molecule has 1 aromatic carbocycles. The van der Waals surface area contributed by atoms with Crippen LogP contribution in [0.15, 0.2) is 30.8 Å². The number of amides is 1. The third-order valence-electron chi connectivity index (χ3n) is 3.02. The number of benzene rings is 1. The number of likely N-dealkylation sites (N-methyl/N-ethyl adjacent to an activating group) is 1. The molecule has 0 N–H and O–H groups in total. The van der Waals surface area contributed by atoms with Crippen molar-refractivity contribution in [3.05, 3.63) is 36.4 Å². The first-order valence-electron chi connectivity index (χ1n) is 5.86. The van der Waals surface area contributed by atoms with Crippen molar-refractivity contribution in [2.75, 3.05) is 20.3 Å². The molecule has 0 aliphatic carbocycles. The molecule has 0 saturated carbocycles. The van der Waals surface area contributed by atoms with Crippen LogP contribution in [0.1, 0.15) is 12.5 Å². The molecular weight excluding hydrogens is 230 g/mol. The van der Waals surface area contributed by atoms with E-state index in [9.17, 15) is 4.79 Å². The summed E-state index contributed by atoms with van der Waals surface area (Å²) in [5.74, 6) is 0.785. The van der Waals surface area contributed by atoms with Gasteiger partial charge in [0.15, 0.2) is 0 Å². The summed E-state index contributed by atoms with van der Waals surface area (Å²) >= 11 is 0. The molecule has 0 aromatic heterocycles. The maximum absolute atomic E-state index is 11.2. The van der Waals surface area contributed by atoms with Crippen LogP contribution in [0.5, 0.6) is 5.75 Å². The van der Waals surface area contributed by atoms with Gasteiger partial charge in [-0.05, 0) is 24.6 Å². The van der Waals surface area contributed by atoms with Crippen LogP contribution in [0.25, 0.3) is 5.57 Å². The van der Waals surface area contributed by atoms with Gasteiger partial charge in [-0.2, -0.15) is 0 Å². The highest BCUT2D eigenvalue weighted by molar-refractivity contribution is 5.69. The zero-order chi connectivity index (χ0) is 13.1. The number of cyclic esters (lactones) is 1. The van der Waals surface area contributed by atoms with Crippen LogP contribution in [0.2, 0.25) is 0 Å². The maximum atomic E-state index is 11.2. The Morgan fingerprint density at radius 2 is 2.17 bits per heavy atom. The lowest BCUT2D eigenvalue weighted by molar-refractivity contribution is 0.162. The average molecular weight is 247 g/mol. The number of carbonyl (C=O) groups excluding carboxylic acids is 1. The average Bonchev–Trinajstić information content (AvgIpc) is 2.68. The zero-order valence-corrected chi connectivity index (χ0v) is 10.7. The third kappa shape index (κ3) is 2.64. The molecule has 2 rings (SSSR count). The normalized spacial score (nSPS) is 18.7. The molecule has 4 heteroatoms. The summed E-state index contributed by atoms with van der Waals surface area (Å²) in [5.41, 5.74) is 2.12. The summed E-state index contributed by atoms with van der Waals surface area (Å²) in [6, 6.07) is 7.73. The predicted octanol–water partition coefficient (Wildman–Crippen LogP) is 2.55. The Labute approximate surface area is 107 Å². The number of nitrogens with zero attached hydrogens (tertiary/aromatic N) is 1. The zero-order valence-electron chi connectivity index (χ0n) is 10.7. The fourth-order valence-electron chi connectivity index (χ4n) is 1.72. The Bertz CT molecular complexity index is 453. The first kappa shape index (κ1) is 12.5. The van der Waals surface area contributed by atoms with E-state index in [-0.39, 0.29) is 12.1 Å². The van der Waals surface area contributed by atoms with Crippen LogP contribution < -0.4 is 4.74 Å². The van der Waals surface area contributed by atoms with Crippen LogP contribution >= 0.6 is 0 Å². The fraction of sp³-hybridized carbons (Fsp3) is 0.357. The van der Waals surface area contributed by atoms with Gasteiger partial charge in [-0.15, -0.1) is 0 Å². The van der Waals surface area contributed by atoms with Crippen molar-refractivity contribution in [3.63, 3.8) is 0 Å². The minimum absolute atomic E-state index is 0.0154. The Balaban J connectivity index is 1.90. The second-order valence-electron chi connectivity index (χ2n) is 4.46. The SMILES string of the molecule is C=C(C)c1ccc(OCC2COC(=O)N2C)cc1. The lowest BCUT2D eigenvalue weighted by Crippen LogP contribution is -2.34. The van der Waals surface area contributed by atoms with E-state index in [4.69, 9.17) is 9.47 Å². The first-order chi connectivity index (χ1) is 8.58. The number of allylic oxidation sites excluding steroid dienone is 1. The van der Waals surface area contributed by atoms with E-state index >= 15 is 0 Å². The quantitative estimate of drug-likeness (QED) is 0.820. The van der Waals surface area contributed by atoms with Crippen molar-refractivity contribution in [2.45, 2.75) is 13.0 Å². The number of ether oxygens (including phenoxy) is 2. The van der Waals surface area contributed by atoms with Gasteiger partial charge in [-0.1, -0.05) is 24.3 Å². The molecule has 1 unspecified atom stereocenters.